The van der Waals surface area contributed by atoms with Crippen molar-refractivity contribution in [2.75, 3.05) is 18.8 Å². The zero-order chi connectivity index (χ0) is 13.7. The average molecular weight is 315 g/mol. The van der Waals surface area contributed by atoms with Crippen molar-refractivity contribution in [1.82, 2.24) is 4.90 Å². The highest BCUT2D eigenvalue weighted by Crippen LogP contribution is 2.31. The number of carbonyl (C=O) groups excluding carboxylic acids is 1. The second-order valence-electron chi connectivity index (χ2n) is 3.93. The molecule has 2 N–H and O–H groups in total. The van der Waals surface area contributed by atoms with Crippen LogP contribution in [0.25, 0.3) is 0 Å². The van der Waals surface area contributed by atoms with Gasteiger partial charge in [0.25, 0.3) is 5.91 Å². The molecule has 4 nitrogen and oxygen atoms in total. The second kappa shape index (κ2) is 6.64. The molecule has 0 aromatic heterocycles. The summed E-state index contributed by atoms with van der Waals surface area (Å²) >= 11 is 3.37. The van der Waals surface area contributed by atoms with Crippen molar-refractivity contribution >= 4 is 27.5 Å². The summed E-state index contributed by atoms with van der Waals surface area (Å²) in [5, 5.41) is 0. The van der Waals surface area contributed by atoms with Crippen LogP contribution in [0.3, 0.4) is 0 Å². The van der Waals surface area contributed by atoms with E-state index in [-0.39, 0.29) is 5.91 Å². The minimum Gasteiger partial charge on any atom is -0.478 e. The number of hydrogen-bond donors (Lipinski definition) is 1. The maximum Gasteiger partial charge on any atom is 0.263 e. The minimum absolute atomic E-state index is 0.0323. The fourth-order valence-corrected chi connectivity index (χ4v) is 2.14. The van der Waals surface area contributed by atoms with Crippen molar-refractivity contribution in [2.24, 2.45) is 0 Å². The van der Waals surface area contributed by atoms with Crippen LogP contribution in [0, 0.1) is 0 Å². The molecule has 18 heavy (non-hydrogen) atoms. The maximum atomic E-state index is 12.1. The van der Waals surface area contributed by atoms with Crippen LogP contribution < -0.4 is 10.5 Å². The number of hydrogen-bond acceptors (Lipinski definition) is 3. The Hall–Kier alpha value is -1.23. The molecule has 0 aliphatic heterocycles. The Kier molecular flexibility index (Phi) is 5.47. The zero-order valence-electron chi connectivity index (χ0n) is 10.9. The quantitative estimate of drug-likeness (QED) is 0.850. The number of para-hydroxylation sites is 1. The first-order valence-electron chi connectivity index (χ1n) is 6.00. The Morgan fingerprint density at radius 2 is 2.06 bits per heavy atom. The number of ether oxygens (including phenoxy) is 1. The Bertz CT molecular complexity index is 399. The number of likely N-dealkylation sites (N-methyl/N-ethyl adjacent to an activating group) is 1. The molecule has 0 radical (unpaired) electrons. The largest absolute Gasteiger partial charge is 0.478 e. The number of benzene rings is 1. The van der Waals surface area contributed by atoms with Gasteiger partial charge in [0.15, 0.2) is 11.9 Å². The molecule has 1 amide bonds. The van der Waals surface area contributed by atoms with Crippen LogP contribution in [0.4, 0.5) is 5.69 Å². The van der Waals surface area contributed by atoms with Crippen molar-refractivity contribution in [2.45, 2.75) is 26.9 Å². The van der Waals surface area contributed by atoms with Gasteiger partial charge in [-0.05, 0) is 48.8 Å². The van der Waals surface area contributed by atoms with E-state index in [0.717, 1.165) is 4.47 Å². The number of halogens is 1. The molecule has 1 aromatic rings. The van der Waals surface area contributed by atoms with E-state index in [1.807, 2.05) is 26.0 Å². The number of nitrogens with two attached hydrogens (primary N) is 1. The maximum absolute atomic E-state index is 12.1. The van der Waals surface area contributed by atoms with Crippen LogP contribution in [0.2, 0.25) is 0 Å². The molecule has 0 saturated heterocycles. The van der Waals surface area contributed by atoms with E-state index in [1.165, 1.54) is 0 Å². The Balaban J connectivity index is 2.81. The fourth-order valence-electron chi connectivity index (χ4n) is 1.67. The molecule has 0 fully saturated rings. The topological polar surface area (TPSA) is 55.6 Å². The number of carbonyl (C=O) groups is 1. The third-order valence-corrected chi connectivity index (χ3v) is 3.34. The molecule has 1 atom stereocenters. The molecule has 0 aliphatic carbocycles. The van der Waals surface area contributed by atoms with Crippen LogP contribution in [-0.4, -0.2) is 30.0 Å². The van der Waals surface area contributed by atoms with Crippen molar-refractivity contribution in [3.8, 4) is 5.75 Å². The van der Waals surface area contributed by atoms with Crippen molar-refractivity contribution in [3.63, 3.8) is 0 Å². The highest BCUT2D eigenvalue weighted by Gasteiger charge is 2.21. The smallest absolute Gasteiger partial charge is 0.263 e. The molecule has 1 unspecified atom stereocenters. The fraction of sp³-hybridized carbons (Fsp3) is 0.462. The van der Waals surface area contributed by atoms with Gasteiger partial charge in [-0.25, -0.2) is 0 Å². The third-order valence-electron chi connectivity index (χ3n) is 2.71. The summed E-state index contributed by atoms with van der Waals surface area (Å²) in [4.78, 5) is 13.8. The second-order valence-corrected chi connectivity index (χ2v) is 4.78. The SMILES string of the molecule is CCN(CC)C(=O)C(C)Oc1c(N)cccc1Br. The van der Waals surface area contributed by atoms with Crippen LogP contribution in [-0.2, 0) is 4.79 Å². The molecule has 1 aromatic carbocycles. The van der Waals surface area contributed by atoms with E-state index >= 15 is 0 Å². The first-order chi connectivity index (χ1) is 8.51. The average Bonchev–Trinajstić information content (AvgIpc) is 2.35. The minimum atomic E-state index is -0.550. The van der Waals surface area contributed by atoms with Crippen molar-refractivity contribution in [3.05, 3.63) is 22.7 Å². The summed E-state index contributed by atoms with van der Waals surface area (Å²) in [6, 6.07) is 5.40. The summed E-state index contributed by atoms with van der Waals surface area (Å²) in [5.41, 5.74) is 6.35. The monoisotopic (exact) mass is 314 g/mol. The zero-order valence-corrected chi connectivity index (χ0v) is 12.5. The van der Waals surface area contributed by atoms with Gasteiger partial charge in [0.2, 0.25) is 0 Å². The van der Waals surface area contributed by atoms with E-state index in [4.69, 9.17) is 10.5 Å². The highest BCUT2D eigenvalue weighted by atomic mass is 79.9. The van der Waals surface area contributed by atoms with Gasteiger partial charge >= 0.3 is 0 Å². The van der Waals surface area contributed by atoms with Gasteiger partial charge in [0, 0.05) is 13.1 Å². The number of anilines is 1. The molecule has 1 rings (SSSR count). The molecule has 5 heteroatoms. The number of amides is 1. The van der Waals surface area contributed by atoms with E-state index in [2.05, 4.69) is 15.9 Å². The Morgan fingerprint density at radius 3 is 2.56 bits per heavy atom. The molecule has 0 spiro atoms. The Morgan fingerprint density at radius 1 is 1.44 bits per heavy atom. The van der Waals surface area contributed by atoms with Crippen molar-refractivity contribution < 1.29 is 9.53 Å². The van der Waals surface area contributed by atoms with Gasteiger partial charge in [-0.1, -0.05) is 6.07 Å². The Labute approximate surface area is 116 Å². The lowest BCUT2D eigenvalue weighted by Gasteiger charge is -2.24. The molecule has 0 bridgehead atoms. The van der Waals surface area contributed by atoms with Crippen molar-refractivity contribution in [1.29, 1.82) is 0 Å². The summed E-state index contributed by atoms with van der Waals surface area (Å²) in [6.45, 7) is 6.98. The summed E-state index contributed by atoms with van der Waals surface area (Å²) in [6.07, 6.45) is -0.550. The van der Waals surface area contributed by atoms with Crippen LogP contribution >= 0.6 is 15.9 Å². The standard InChI is InChI=1S/C13H19BrN2O2/c1-4-16(5-2)13(17)9(3)18-12-10(14)7-6-8-11(12)15/h6-9H,4-5,15H2,1-3H3. The van der Waals surface area contributed by atoms with Gasteiger partial charge in [-0.2, -0.15) is 0 Å². The highest BCUT2D eigenvalue weighted by molar-refractivity contribution is 9.10. The summed E-state index contributed by atoms with van der Waals surface area (Å²) in [5.74, 6) is 0.487. The van der Waals surface area contributed by atoms with Crippen LogP contribution in [0.1, 0.15) is 20.8 Å². The molecule has 0 heterocycles. The molecule has 0 saturated carbocycles. The van der Waals surface area contributed by atoms with E-state index < -0.39 is 6.10 Å². The number of rotatable bonds is 5. The first-order valence-corrected chi connectivity index (χ1v) is 6.79. The molecular formula is C13H19BrN2O2. The normalized spacial score (nSPS) is 12.0. The summed E-state index contributed by atoms with van der Waals surface area (Å²) < 4.78 is 6.41. The lowest BCUT2D eigenvalue weighted by molar-refractivity contribution is -0.137. The van der Waals surface area contributed by atoms with Gasteiger partial charge < -0.3 is 15.4 Å². The lowest BCUT2D eigenvalue weighted by atomic mass is 10.3. The predicted octanol–water partition coefficient (Wildman–Crippen LogP) is 2.67. The number of nitrogens with zero attached hydrogens (tertiary/aromatic N) is 1. The molecular weight excluding hydrogens is 296 g/mol. The first kappa shape index (κ1) is 14.8. The van der Waals surface area contributed by atoms with Gasteiger partial charge in [0.05, 0.1) is 10.2 Å². The van der Waals surface area contributed by atoms with Gasteiger partial charge in [-0.15, -0.1) is 0 Å². The van der Waals surface area contributed by atoms with Crippen LogP contribution in [0.5, 0.6) is 5.75 Å². The van der Waals surface area contributed by atoms with Gasteiger partial charge in [0.1, 0.15) is 0 Å². The van der Waals surface area contributed by atoms with Crippen LogP contribution in [0.15, 0.2) is 22.7 Å². The van der Waals surface area contributed by atoms with Gasteiger partial charge in [-0.3, -0.25) is 4.79 Å². The van der Waals surface area contributed by atoms with E-state index in [1.54, 1.807) is 17.9 Å². The van der Waals surface area contributed by atoms with E-state index in [9.17, 15) is 4.79 Å². The number of nitrogen functional groups attached to an aromatic ring is 1. The third kappa shape index (κ3) is 3.38. The summed E-state index contributed by atoms with van der Waals surface area (Å²) in [7, 11) is 0. The predicted molar refractivity (Wildman–Crippen MR) is 76.6 cm³/mol. The van der Waals surface area contributed by atoms with E-state index in [0.29, 0.717) is 24.5 Å². The molecule has 100 valence electrons. The lowest BCUT2D eigenvalue weighted by Crippen LogP contribution is -2.40. The molecule has 0 aliphatic rings.